The zero-order valence-corrected chi connectivity index (χ0v) is 10.2. The predicted molar refractivity (Wildman–Crippen MR) is 55.7 cm³/mol. The normalized spacial score (nSPS) is 13.7. The van der Waals surface area contributed by atoms with Crippen LogP contribution in [0, 0.1) is 0 Å². The van der Waals surface area contributed by atoms with Gasteiger partial charge >= 0.3 is 5.97 Å². The minimum absolute atomic E-state index is 0.166. The molecule has 0 amide bonds. The molecule has 0 heterocycles. The number of allylic oxidation sites excluding steroid dienone is 1. The molecule has 0 aliphatic heterocycles. The molecular formula is C6H5Cl5O2. The van der Waals surface area contributed by atoms with Crippen LogP contribution in [0.15, 0.2) is 10.1 Å². The molecule has 0 atom stereocenters. The third-order valence-electron chi connectivity index (χ3n) is 0.896. The lowest BCUT2D eigenvalue weighted by Gasteiger charge is -2.10. The summed E-state index contributed by atoms with van der Waals surface area (Å²) in [6.45, 7) is 1.78. The van der Waals surface area contributed by atoms with Gasteiger partial charge in [-0.05, 0) is 6.92 Å². The van der Waals surface area contributed by atoms with Crippen molar-refractivity contribution in [3.63, 3.8) is 0 Å². The van der Waals surface area contributed by atoms with E-state index in [4.69, 9.17) is 58.0 Å². The molecular weight excluding hydrogens is 281 g/mol. The van der Waals surface area contributed by atoms with Gasteiger partial charge in [-0.15, -0.1) is 0 Å². The molecule has 2 nitrogen and oxygen atoms in total. The van der Waals surface area contributed by atoms with E-state index in [2.05, 4.69) is 4.74 Å². The number of alkyl halides is 3. The highest BCUT2D eigenvalue weighted by atomic mass is 35.6. The predicted octanol–water partition coefficient (Wildman–Crippen LogP) is 3.61. The lowest BCUT2D eigenvalue weighted by Crippen LogP contribution is -2.11. The number of hydrogen-bond donors (Lipinski definition) is 0. The lowest BCUT2D eigenvalue weighted by atomic mass is 10.5. The minimum atomic E-state index is -1.91. The summed E-state index contributed by atoms with van der Waals surface area (Å²) in [6, 6.07) is 0. The largest absolute Gasteiger partial charge is 0.462 e. The Bertz CT molecular complexity index is 230. The summed E-state index contributed by atoms with van der Waals surface area (Å²) < 4.78 is 2.62. The maximum Gasteiger partial charge on any atom is 0.351 e. The minimum Gasteiger partial charge on any atom is -0.462 e. The molecule has 0 bridgehead atoms. The average Bonchev–Trinajstić information content (AvgIpc) is 2.00. The van der Waals surface area contributed by atoms with Crippen LogP contribution in [0.4, 0.5) is 0 Å². The number of hydrogen-bond acceptors (Lipinski definition) is 2. The van der Waals surface area contributed by atoms with Gasteiger partial charge in [0.15, 0.2) is 0 Å². The molecule has 0 aromatic rings. The first-order chi connectivity index (χ1) is 5.80. The van der Waals surface area contributed by atoms with E-state index in [0.717, 1.165) is 0 Å². The van der Waals surface area contributed by atoms with E-state index in [1.807, 2.05) is 0 Å². The molecule has 0 saturated carbocycles. The molecule has 0 aliphatic carbocycles. The van der Waals surface area contributed by atoms with Crippen LogP contribution in [-0.2, 0) is 9.53 Å². The summed E-state index contributed by atoms with van der Waals surface area (Å²) in [5, 5.41) is -0.805. The topological polar surface area (TPSA) is 26.3 Å². The molecule has 0 rings (SSSR count). The lowest BCUT2D eigenvalue weighted by molar-refractivity contribution is -0.137. The number of esters is 1. The standard InChI is InChI=1S/C6H5Cl5O2/c1-2-13-5(12)3(7)4(8)6(9,10)11/h2H2,1H3. The maximum atomic E-state index is 11.0. The van der Waals surface area contributed by atoms with Crippen molar-refractivity contribution in [1.82, 2.24) is 0 Å². The van der Waals surface area contributed by atoms with Crippen molar-refractivity contribution in [2.45, 2.75) is 10.7 Å². The Morgan fingerprint density at radius 2 is 1.77 bits per heavy atom. The van der Waals surface area contributed by atoms with Crippen LogP contribution in [0.25, 0.3) is 0 Å². The highest BCUT2D eigenvalue weighted by Gasteiger charge is 2.30. The Kier molecular flexibility index (Phi) is 5.80. The van der Waals surface area contributed by atoms with E-state index in [0.29, 0.717) is 0 Å². The van der Waals surface area contributed by atoms with Gasteiger partial charge in [-0.3, -0.25) is 0 Å². The van der Waals surface area contributed by atoms with Crippen LogP contribution in [0.2, 0.25) is 0 Å². The number of carbonyl (C=O) groups excluding carboxylic acids is 1. The number of rotatable bonds is 2. The van der Waals surface area contributed by atoms with Crippen molar-refractivity contribution in [2.75, 3.05) is 6.61 Å². The average molecular weight is 286 g/mol. The fraction of sp³-hybridized carbons (Fsp3) is 0.500. The maximum absolute atomic E-state index is 11.0. The van der Waals surface area contributed by atoms with E-state index in [-0.39, 0.29) is 11.6 Å². The number of ether oxygens (including phenoxy) is 1. The summed E-state index contributed by atoms with van der Waals surface area (Å²) in [5.74, 6) is -0.819. The molecule has 0 fully saturated rings. The van der Waals surface area contributed by atoms with Gasteiger partial charge in [0, 0.05) is 0 Å². The molecule has 0 aliphatic rings. The quantitative estimate of drug-likeness (QED) is 0.440. The smallest absolute Gasteiger partial charge is 0.351 e. The monoisotopic (exact) mass is 284 g/mol. The number of carbonyl (C=O) groups is 1. The summed E-state index contributed by atoms with van der Waals surface area (Å²) >= 11 is 27.1. The van der Waals surface area contributed by atoms with E-state index in [9.17, 15) is 4.79 Å². The second kappa shape index (κ2) is 5.52. The van der Waals surface area contributed by atoms with Gasteiger partial charge in [0.1, 0.15) is 5.03 Å². The molecule has 7 heteroatoms. The SMILES string of the molecule is CCOC(=O)C(Cl)=C(Cl)C(Cl)(Cl)Cl. The van der Waals surface area contributed by atoms with E-state index < -0.39 is 14.8 Å². The second-order valence-electron chi connectivity index (χ2n) is 1.85. The van der Waals surface area contributed by atoms with Crippen LogP contribution in [-0.4, -0.2) is 16.4 Å². The molecule has 0 radical (unpaired) electrons. The summed E-state index contributed by atoms with van der Waals surface area (Å²) in [4.78, 5) is 11.0. The third-order valence-corrected chi connectivity index (χ3v) is 2.67. The molecule has 76 valence electrons. The van der Waals surface area contributed by atoms with Crippen LogP contribution < -0.4 is 0 Å². The molecule has 0 aromatic carbocycles. The molecule has 0 aromatic heterocycles. The third kappa shape index (κ3) is 4.61. The zero-order chi connectivity index (χ0) is 10.6. The van der Waals surface area contributed by atoms with Gasteiger partial charge in [-0.25, -0.2) is 4.79 Å². The first-order valence-corrected chi connectivity index (χ1v) is 4.99. The molecule has 0 saturated heterocycles. The zero-order valence-electron chi connectivity index (χ0n) is 6.41. The Labute approximate surface area is 101 Å². The van der Waals surface area contributed by atoms with Gasteiger partial charge in [0.2, 0.25) is 3.79 Å². The Balaban J connectivity index is 4.72. The summed E-state index contributed by atoms with van der Waals surface area (Å²) in [5.41, 5.74) is 0. The van der Waals surface area contributed by atoms with Gasteiger partial charge in [0.05, 0.1) is 11.6 Å². The van der Waals surface area contributed by atoms with Crippen molar-refractivity contribution in [1.29, 1.82) is 0 Å². The van der Waals surface area contributed by atoms with Gasteiger partial charge in [-0.2, -0.15) is 0 Å². The van der Waals surface area contributed by atoms with E-state index in [1.165, 1.54) is 0 Å². The molecule has 0 unspecified atom stereocenters. The van der Waals surface area contributed by atoms with Crippen molar-refractivity contribution >= 4 is 64.0 Å². The molecule has 0 N–H and O–H groups in total. The molecule has 0 spiro atoms. The van der Waals surface area contributed by atoms with Gasteiger partial charge in [-0.1, -0.05) is 58.0 Å². The first-order valence-electron chi connectivity index (χ1n) is 3.10. The first kappa shape index (κ1) is 13.7. The number of halogens is 5. The van der Waals surface area contributed by atoms with Gasteiger partial charge in [0.25, 0.3) is 0 Å². The van der Waals surface area contributed by atoms with Crippen LogP contribution >= 0.6 is 58.0 Å². The van der Waals surface area contributed by atoms with Crippen molar-refractivity contribution < 1.29 is 9.53 Å². The van der Waals surface area contributed by atoms with Gasteiger partial charge < -0.3 is 4.74 Å². The fourth-order valence-electron chi connectivity index (χ4n) is 0.409. The summed E-state index contributed by atoms with van der Waals surface area (Å²) in [6.07, 6.45) is 0. The van der Waals surface area contributed by atoms with Crippen molar-refractivity contribution in [3.05, 3.63) is 10.1 Å². The van der Waals surface area contributed by atoms with E-state index >= 15 is 0 Å². The Morgan fingerprint density at radius 3 is 2.08 bits per heavy atom. The second-order valence-corrected chi connectivity index (χ2v) is 4.88. The molecule has 13 heavy (non-hydrogen) atoms. The van der Waals surface area contributed by atoms with Crippen molar-refractivity contribution in [3.8, 4) is 0 Å². The van der Waals surface area contributed by atoms with E-state index in [1.54, 1.807) is 6.92 Å². The van der Waals surface area contributed by atoms with Crippen LogP contribution in [0.3, 0.4) is 0 Å². The highest BCUT2D eigenvalue weighted by Crippen LogP contribution is 2.39. The van der Waals surface area contributed by atoms with Crippen molar-refractivity contribution in [2.24, 2.45) is 0 Å². The highest BCUT2D eigenvalue weighted by molar-refractivity contribution is 6.74. The van der Waals surface area contributed by atoms with Crippen LogP contribution in [0.5, 0.6) is 0 Å². The Hall–Kier alpha value is 0.660. The fourth-order valence-corrected chi connectivity index (χ4v) is 1.11. The Morgan fingerprint density at radius 1 is 1.31 bits per heavy atom. The van der Waals surface area contributed by atoms with Crippen LogP contribution in [0.1, 0.15) is 6.92 Å². The summed E-state index contributed by atoms with van der Waals surface area (Å²) in [7, 11) is 0.